The molecule has 4 heterocycles. The average Bonchev–Trinajstić information content (AvgIpc) is 2.94. The van der Waals surface area contributed by atoms with Gasteiger partial charge in [-0.1, -0.05) is 56.0 Å². The molecule has 1 aromatic carbocycles. The fraction of sp³-hybridized carbons (Fsp3) is 0.743. The number of nitrogens with two attached hydrogens (primary N) is 1. The highest BCUT2D eigenvalue weighted by atomic mass is 16.4. The molecule has 0 aliphatic carbocycles. The SMILES string of the molecule is CC1C(O)CCC2CC(C3CCCCCCC(O)(CC(=O)O)CNC4(C)CC(N)NC(Cc5cccc(c5)C3)C4)C=CN21. The third-order valence-corrected chi connectivity index (χ3v) is 11.0. The number of β-amino-alcohol motifs (C(OH)–C–C–N with tert-alkyl or cyclic N) is 1. The van der Waals surface area contributed by atoms with E-state index in [4.69, 9.17) is 5.73 Å². The Bertz CT molecular complexity index is 1120. The molecular formula is C35H56N4O4. The molecule has 1 aromatic rings. The number of allylic oxidation sites excluding steroid dienone is 1. The largest absolute Gasteiger partial charge is 0.481 e. The lowest BCUT2D eigenvalue weighted by Crippen LogP contribution is -2.63. The fourth-order valence-electron chi connectivity index (χ4n) is 8.59. The van der Waals surface area contributed by atoms with Crippen LogP contribution in [0.25, 0.3) is 0 Å². The fourth-order valence-corrected chi connectivity index (χ4v) is 8.59. The number of aliphatic hydroxyl groups excluding tert-OH is 1. The number of nitrogens with zero attached hydrogens (tertiary/aromatic N) is 1. The molecule has 4 bridgehead atoms. The van der Waals surface area contributed by atoms with E-state index in [0.29, 0.717) is 24.3 Å². The maximum absolute atomic E-state index is 11.7. The number of benzene rings is 1. The summed E-state index contributed by atoms with van der Waals surface area (Å²) in [5.74, 6) is 0.107. The van der Waals surface area contributed by atoms with E-state index in [0.717, 1.165) is 77.0 Å². The van der Waals surface area contributed by atoms with Crippen LogP contribution in [0.4, 0.5) is 0 Å². The molecule has 240 valence electrons. The van der Waals surface area contributed by atoms with Crippen molar-refractivity contribution in [2.75, 3.05) is 6.54 Å². The van der Waals surface area contributed by atoms with Gasteiger partial charge in [0.1, 0.15) is 0 Å². The van der Waals surface area contributed by atoms with Gasteiger partial charge in [-0.3, -0.25) is 10.1 Å². The van der Waals surface area contributed by atoms with Crippen LogP contribution in [0.3, 0.4) is 0 Å². The van der Waals surface area contributed by atoms with Gasteiger partial charge in [0, 0.05) is 24.2 Å². The number of carboxylic acid groups (broad SMARTS) is 1. The third-order valence-electron chi connectivity index (χ3n) is 11.0. The Morgan fingerprint density at radius 3 is 2.65 bits per heavy atom. The Balaban J connectivity index is 1.36. The summed E-state index contributed by atoms with van der Waals surface area (Å²) >= 11 is 0. The van der Waals surface area contributed by atoms with Crippen LogP contribution in [-0.4, -0.2) is 74.3 Å². The maximum Gasteiger partial charge on any atom is 0.306 e. The van der Waals surface area contributed by atoms with Crippen LogP contribution in [0.15, 0.2) is 36.5 Å². The van der Waals surface area contributed by atoms with Gasteiger partial charge >= 0.3 is 5.97 Å². The van der Waals surface area contributed by atoms with Crippen LogP contribution in [0.5, 0.6) is 0 Å². The van der Waals surface area contributed by atoms with Crippen molar-refractivity contribution in [1.29, 1.82) is 0 Å². The van der Waals surface area contributed by atoms with Gasteiger partial charge in [-0.2, -0.15) is 0 Å². The zero-order chi connectivity index (χ0) is 30.6. The van der Waals surface area contributed by atoms with Crippen LogP contribution in [-0.2, 0) is 17.6 Å². The molecule has 43 heavy (non-hydrogen) atoms. The predicted molar refractivity (Wildman–Crippen MR) is 170 cm³/mol. The number of aliphatic hydroxyl groups is 2. The van der Waals surface area contributed by atoms with Crippen LogP contribution in [0.1, 0.15) is 102 Å². The minimum Gasteiger partial charge on any atom is -0.481 e. The second-order valence-corrected chi connectivity index (χ2v) is 14.8. The van der Waals surface area contributed by atoms with Crippen LogP contribution >= 0.6 is 0 Å². The Hall–Kier alpha value is -1.97. The zero-order valence-corrected chi connectivity index (χ0v) is 26.4. The van der Waals surface area contributed by atoms with Gasteiger partial charge in [-0.25, -0.2) is 0 Å². The number of carbonyl (C=O) groups is 1. The van der Waals surface area contributed by atoms with Crippen molar-refractivity contribution < 1.29 is 20.1 Å². The molecule has 7 N–H and O–H groups in total. The smallest absolute Gasteiger partial charge is 0.306 e. The van der Waals surface area contributed by atoms with Gasteiger partial charge < -0.3 is 31.3 Å². The van der Waals surface area contributed by atoms with Crippen molar-refractivity contribution in [2.45, 2.75) is 145 Å². The van der Waals surface area contributed by atoms with Gasteiger partial charge in [-0.15, -0.1) is 0 Å². The highest BCUT2D eigenvalue weighted by Gasteiger charge is 2.39. The first-order valence-corrected chi connectivity index (χ1v) is 16.9. The number of nitrogens with one attached hydrogen (secondary N) is 2. The highest BCUT2D eigenvalue weighted by molar-refractivity contribution is 5.68. The van der Waals surface area contributed by atoms with E-state index in [1.54, 1.807) is 0 Å². The maximum atomic E-state index is 11.7. The van der Waals surface area contributed by atoms with Gasteiger partial charge in [0.15, 0.2) is 0 Å². The predicted octanol–water partition coefficient (Wildman–Crippen LogP) is 4.08. The lowest BCUT2D eigenvalue weighted by Gasteiger charge is -2.47. The first kappa shape index (κ1) is 32.4. The molecule has 9 unspecified atom stereocenters. The molecule has 2 fully saturated rings. The van der Waals surface area contributed by atoms with Crippen molar-refractivity contribution >= 4 is 5.97 Å². The number of carboxylic acids is 1. The van der Waals surface area contributed by atoms with E-state index >= 15 is 0 Å². The Morgan fingerprint density at radius 2 is 1.86 bits per heavy atom. The normalized spacial score (nSPS) is 39.7. The standard InChI is InChI=1S/C35H56N4O4/c1-24-31(40)12-11-30-19-28(13-15-39(24)30)27-10-5-3-4-6-14-35(43,22-33(41)42)23-37-34(2)20-29(38-32(36)21-34)18-26-9-7-8-25(16-26)17-27/h7-9,13,15-16,24,27-32,37-38,40,43H,3-6,10-12,14,17-23,36H2,1-2H3,(H,41,42). The number of aliphatic carboxylic acids is 1. The number of rotatable bonds is 3. The molecule has 0 saturated carbocycles. The Labute approximate surface area is 258 Å². The first-order chi connectivity index (χ1) is 20.5. The lowest BCUT2D eigenvalue weighted by molar-refractivity contribution is -0.143. The van der Waals surface area contributed by atoms with Crippen LogP contribution in [0, 0.1) is 11.8 Å². The molecule has 5 rings (SSSR count). The number of fused-ring (bicyclic) bond motifs is 5. The molecule has 8 heteroatoms. The minimum absolute atomic E-state index is 0.164. The molecule has 0 aromatic heterocycles. The van der Waals surface area contributed by atoms with Gasteiger partial charge in [0.05, 0.1) is 30.3 Å². The molecule has 0 radical (unpaired) electrons. The second kappa shape index (κ2) is 14.0. The van der Waals surface area contributed by atoms with E-state index in [2.05, 4.69) is 65.9 Å². The quantitative estimate of drug-likeness (QED) is 0.308. The van der Waals surface area contributed by atoms with E-state index in [9.17, 15) is 20.1 Å². The van der Waals surface area contributed by atoms with Gasteiger partial charge in [0.25, 0.3) is 0 Å². The number of piperidine rings is 2. The number of hydrogen-bond acceptors (Lipinski definition) is 7. The molecule has 0 spiro atoms. The summed E-state index contributed by atoms with van der Waals surface area (Å²) in [5.41, 5.74) is 7.65. The van der Waals surface area contributed by atoms with Crippen molar-refractivity contribution in [3.8, 4) is 0 Å². The minimum atomic E-state index is -1.27. The summed E-state index contributed by atoms with van der Waals surface area (Å²) in [6.45, 7) is 4.57. The first-order valence-electron chi connectivity index (χ1n) is 16.9. The summed E-state index contributed by atoms with van der Waals surface area (Å²) in [4.78, 5) is 14.1. The second-order valence-electron chi connectivity index (χ2n) is 14.8. The third kappa shape index (κ3) is 8.60. The molecule has 8 nitrogen and oxygen atoms in total. The molecule has 2 saturated heterocycles. The van der Waals surface area contributed by atoms with Crippen molar-refractivity contribution in [3.05, 3.63) is 47.7 Å². The summed E-state index contributed by atoms with van der Waals surface area (Å²) < 4.78 is 0. The van der Waals surface area contributed by atoms with Crippen LogP contribution in [0.2, 0.25) is 0 Å². The van der Waals surface area contributed by atoms with E-state index in [1.807, 2.05) is 0 Å². The van der Waals surface area contributed by atoms with E-state index in [1.165, 1.54) is 11.1 Å². The Morgan fingerprint density at radius 1 is 1.09 bits per heavy atom. The Kier molecular flexibility index (Phi) is 10.5. The van der Waals surface area contributed by atoms with E-state index < -0.39 is 11.6 Å². The molecule has 9 atom stereocenters. The van der Waals surface area contributed by atoms with E-state index in [-0.39, 0.29) is 42.9 Å². The molecule has 0 amide bonds. The van der Waals surface area contributed by atoms with Crippen LogP contribution < -0.4 is 16.4 Å². The molecule has 4 aliphatic rings. The van der Waals surface area contributed by atoms with Crippen molar-refractivity contribution in [3.63, 3.8) is 0 Å². The lowest BCUT2D eigenvalue weighted by atomic mass is 9.75. The molecular weight excluding hydrogens is 540 g/mol. The summed E-state index contributed by atoms with van der Waals surface area (Å²) in [5, 5.41) is 38.6. The molecule has 4 aliphatic heterocycles. The van der Waals surface area contributed by atoms with Gasteiger partial charge in [0.2, 0.25) is 0 Å². The topological polar surface area (TPSA) is 131 Å². The zero-order valence-electron chi connectivity index (χ0n) is 26.4. The highest BCUT2D eigenvalue weighted by Crippen LogP contribution is 2.38. The summed E-state index contributed by atoms with van der Waals surface area (Å²) in [6, 6.07) is 9.99. The summed E-state index contributed by atoms with van der Waals surface area (Å²) in [7, 11) is 0. The number of hydrogen-bond donors (Lipinski definition) is 6. The van der Waals surface area contributed by atoms with Crippen molar-refractivity contribution in [2.24, 2.45) is 17.6 Å². The average molecular weight is 597 g/mol. The van der Waals surface area contributed by atoms with Crippen molar-refractivity contribution in [1.82, 2.24) is 15.5 Å². The van der Waals surface area contributed by atoms with Gasteiger partial charge in [-0.05, 0) is 101 Å². The summed E-state index contributed by atoms with van der Waals surface area (Å²) in [6.07, 6.45) is 16.3. The monoisotopic (exact) mass is 596 g/mol.